The van der Waals surface area contributed by atoms with Gasteiger partial charge < -0.3 is 34.8 Å². The number of rotatable bonds is 5. The van der Waals surface area contributed by atoms with Gasteiger partial charge in [0, 0.05) is 6.42 Å². The largest absolute Gasteiger partial charge is 1.00 e. The van der Waals surface area contributed by atoms with E-state index in [1.807, 2.05) is 0 Å². The van der Waals surface area contributed by atoms with Crippen LogP contribution in [0.2, 0.25) is 0 Å². The molecule has 10 heteroatoms. The zero-order valence-corrected chi connectivity index (χ0v) is 14.4. The summed E-state index contributed by atoms with van der Waals surface area (Å²) in [6, 6.07) is 0. The van der Waals surface area contributed by atoms with Crippen molar-refractivity contribution in [3.63, 3.8) is 0 Å². The summed E-state index contributed by atoms with van der Waals surface area (Å²) in [4.78, 5) is 20.5. The smallest absolute Gasteiger partial charge is 0.809 e. The van der Waals surface area contributed by atoms with Crippen LogP contribution in [0.4, 0.5) is 0 Å². The molecule has 0 amide bonds. The summed E-state index contributed by atoms with van der Waals surface area (Å²) in [5.41, 5.74) is -1.95. The third-order valence-electron chi connectivity index (χ3n) is 1.84. The van der Waals surface area contributed by atoms with Crippen molar-refractivity contribution in [3.8, 4) is 0 Å². The normalized spacial score (nSPS) is 18.7. The Kier molecular flexibility index (Phi) is 13.0. The van der Waals surface area contributed by atoms with E-state index in [1.54, 1.807) is 0 Å². The van der Waals surface area contributed by atoms with Crippen LogP contribution in [-0.2, 0) is 4.57 Å². The Labute approximate surface area is 138 Å². The maximum Gasteiger partial charge on any atom is 1.00 e. The third-order valence-corrected chi connectivity index (χ3v) is 2.78. The Morgan fingerprint density at radius 3 is 1.94 bits per heavy atom. The molecule has 0 heterocycles. The summed E-state index contributed by atoms with van der Waals surface area (Å²) < 4.78 is 10.2. The van der Waals surface area contributed by atoms with Gasteiger partial charge in [0.1, 0.15) is 5.60 Å². The molecular formula is C6H13Na2O7P. The van der Waals surface area contributed by atoms with E-state index in [1.165, 1.54) is 0 Å². The Hall–Kier alpha value is 1.99. The zero-order valence-electron chi connectivity index (χ0n) is 9.53. The minimum absolute atomic E-state index is 0. The van der Waals surface area contributed by atoms with Gasteiger partial charge in [0.25, 0.3) is 0 Å². The van der Waals surface area contributed by atoms with Gasteiger partial charge in [-0.25, -0.2) is 0 Å². The number of hydrogen-bond acceptors (Lipinski definition) is 7. The fraction of sp³-hybridized carbons (Fsp3) is 1.00. The molecule has 0 aliphatic carbocycles. The molecule has 0 radical (unpaired) electrons. The van der Waals surface area contributed by atoms with Gasteiger partial charge in [-0.1, -0.05) is 0 Å². The van der Waals surface area contributed by atoms with Crippen molar-refractivity contribution in [2.24, 2.45) is 0 Å². The first kappa shape index (κ1) is 23.1. The van der Waals surface area contributed by atoms with Gasteiger partial charge in [0.05, 0.1) is 18.6 Å². The van der Waals surface area contributed by atoms with E-state index in [0.29, 0.717) is 0 Å². The topological polar surface area (TPSA) is 144 Å². The van der Waals surface area contributed by atoms with Crippen molar-refractivity contribution < 1.29 is 93.9 Å². The van der Waals surface area contributed by atoms with E-state index in [-0.39, 0.29) is 59.1 Å². The summed E-state index contributed by atoms with van der Waals surface area (Å²) >= 11 is 0. The van der Waals surface area contributed by atoms with Crippen molar-refractivity contribution >= 4 is 7.60 Å². The van der Waals surface area contributed by atoms with Gasteiger partial charge in [0.15, 0.2) is 0 Å². The molecule has 0 aromatic heterocycles. The van der Waals surface area contributed by atoms with Crippen LogP contribution in [0.25, 0.3) is 0 Å². The Morgan fingerprint density at radius 2 is 1.69 bits per heavy atom. The van der Waals surface area contributed by atoms with E-state index in [2.05, 4.69) is 0 Å². The first-order valence-electron chi connectivity index (χ1n) is 3.82. The summed E-state index contributed by atoms with van der Waals surface area (Å²) in [6.07, 6.45) is -2.53. The van der Waals surface area contributed by atoms with E-state index in [4.69, 9.17) is 15.3 Å². The summed E-state index contributed by atoms with van der Waals surface area (Å²) in [5.74, 6) is -2.27. The molecule has 3 unspecified atom stereocenters. The van der Waals surface area contributed by atoms with Gasteiger partial charge in [-0.05, 0) is 14.5 Å². The first-order chi connectivity index (χ1) is 6.11. The quantitative estimate of drug-likeness (QED) is 0.288. The first-order valence-corrected chi connectivity index (χ1v) is 5.43. The Bertz CT molecular complexity index is 231. The van der Waals surface area contributed by atoms with Gasteiger partial charge in [0.2, 0.25) is 0 Å². The van der Waals surface area contributed by atoms with Crippen LogP contribution in [0.15, 0.2) is 0 Å². The van der Waals surface area contributed by atoms with Crippen molar-refractivity contribution in [1.29, 1.82) is 0 Å². The molecular weight excluding hydrogens is 261 g/mol. The minimum Gasteiger partial charge on any atom is -0.809 e. The molecule has 16 heavy (non-hydrogen) atoms. The number of aliphatic hydroxyl groups is 4. The van der Waals surface area contributed by atoms with Crippen LogP contribution in [0, 0.1) is 0 Å². The van der Waals surface area contributed by atoms with Crippen LogP contribution in [-0.4, -0.2) is 44.6 Å². The standard InChI is InChI=1S/C6H15O7P.2Na/c1-6(10,3-7)4(8)2-5(9)14(11,12)13;;/h4-5,7-10H,2-3H2,1H3,(H2,11,12,13);;/q;2*+1/p-2. The van der Waals surface area contributed by atoms with E-state index in [0.717, 1.165) is 6.92 Å². The zero-order chi connectivity index (χ0) is 11.6. The molecule has 0 aliphatic rings. The Balaban J connectivity index is -0.000000845. The molecule has 0 bridgehead atoms. The fourth-order valence-corrected chi connectivity index (χ4v) is 1.15. The summed E-state index contributed by atoms with van der Waals surface area (Å²) in [6.45, 7) is 0.230. The SMILES string of the molecule is CC(O)(CO)C(O)CC(O)P(=O)([O-])[O-].[Na+].[Na+]. The maximum absolute atomic E-state index is 10.2. The van der Waals surface area contributed by atoms with E-state index >= 15 is 0 Å². The number of aliphatic hydroxyl groups excluding tert-OH is 3. The molecule has 0 aliphatic heterocycles. The van der Waals surface area contributed by atoms with Gasteiger partial charge >= 0.3 is 59.1 Å². The molecule has 0 saturated carbocycles. The molecule has 0 aromatic carbocycles. The summed E-state index contributed by atoms with van der Waals surface area (Å²) in [7, 11) is -5.19. The van der Waals surface area contributed by atoms with Gasteiger partial charge in [-0.15, -0.1) is 0 Å². The van der Waals surface area contributed by atoms with Crippen molar-refractivity contribution in [3.05, 3.63) is 0 Å². The second-order valence-electron chi connectivity index (χ2n) is 3.29. The fourth-order valence-electron chi connectivity index (χ4n) is 0.688. The molecule has 7 nitrogen and oxygen atoms in total. The molecule has 3 atom stereocenters. The molecule has 0 rings (SSSR count). The molecule has 0 fully saturated rings. The van der Waals surface area contributed by atoms with Crippen LogP contribution >= 0.6 is 7.60 Å². The second kappa shape index (κ2) is 8.98. The Morgan fingerprint density at radius 1 is 1.31 bits per heavy atom. The predicted molar refractivity (Wildman–Crippen MR) is 41.9 cm³/mol. The average Bonchev–Trinajstić information content (AvgIpc) is 2.02. The van der Waals surface area contributed by atoms with Crippen LogP contribution in [0.5, 0.6) is 0 Å². The van der Waals surface area contributed by atoms with Gasteiger partial charge in [-0.2, -0.15) is 0 Å². The summed E-state index contributed by atoms with van der Waals surface area (Å²) in [5, 5.41) is 35.7. The third kappa shape index (κ3) is 8.16. The van der Waals surface area contributed by atoms with E-state index < -0.39 is 38.2 Å². The molecule has 4 N–H and O–H groups in total. The average molecular weight is 274 g/mol. The molecule has 0 spiro atoms. The van der Waals surface area contributed by atoms with Gasteiger partial charge in [-0.3, -0.25) is 0 Å². The number of hydrogen-bond donors (Lipinski definition) is 4. The molecule has 86 valence electrons. The minimum atomic E-state index is -5.19. The second-order valence-corrected chi connectivity index (χ2v) is 4.96. The molecule has 0 saturated heterocycles. The monoisotopic (exact) mass is 274 g/mol. The predicted octanol–water partition coefficient (Wildman–Crippen LogP) is -9.28. The van der Waals surface area contributed by atoms with Crippen molar-refractivity contribution in [2.45, 2.75) is 30.9 Å². The van der Waals surface area contributed by atoms with Crippen molar-refractivity contribution in [2.75, 3.05) is 6.61 Å². The maximum atomic E-state index is 10.2. The van der Waals surface area contributed by atoms with Crippen LogP contribution in [0.1, 0.15) is 13.3 Å². The van der Waals surface area contributed by atoms with E-state index in [9.17, 15) is 19.5 Å². The molecule has 0 aromatic rings. The van der Waals surface area contributed by atoms with Crippen molar-refractivity contribution in [1.82, 2.24) is 0 Å². The van der Waals surface area contributed by atoms with Crippen LogP contribution < -0.4 is 68.9 Å². The van der Waals surface area contributed by atoms with Crippen LogP contribution in [0.3, 0.4) is 0 Å².